The lowest BCUT2D eigenvalue weighted by Gasteiger charge is -2.05. The Morgan fingerprint density at radius 1 is 1.43 bits per heavy atom. The van der Waals surface area contributed by atoms with Crippen molar-refractivity contribution in [3.05, 3.63) is 50.8 Å². The number of halogens is 1. The van der Waals surface area contributed by atoms with E-state index in [4.69, 9.17) is 11.6 Å². The number of thiophene rings is 1. The van der Waals surface area contributed by atoms with Gasteiger partial charge in [0.2, 0.25) is 0 Å². The molecular weight excluding hydrogens is 338 g/mol. The van der Waals surface area contributed by atoms with E-state index in [2.05, 4.69) is 20.3 Å². The van der Waals surface area contributed by atoms with Crippen LogP contribution in [0.1, 0.15) is 24.9 Å². The van der Waals surface area contributed by atoms with Gasteiger partial charge in [0.1, 0.15) is 4.88 Å². The van der Waals surface area contributed by atoms with E-state index in [-0.39, 0.29) is 15.8 Å². The number of aromatic nitrogens is 2. The molecule has 0 aliphatic rings. The van der Waals surface area contributed by atoms with E-state index in [1.54, 1.807) is 6.20 Å². The van der Waals surface area contributed by atoms with Crippen LogP contribution in [-0.2, 0) is 11.3 Å². The summed E-state index contributed by atoms with van der Waals surface area (Å²) in [6, 6.07) is 7.18. The largest absolute Gasteiger partial charge is 0.465 e. The molecule has 2 N–H and O–H groups in total. The third-order valence-corrected chi connectivity index (χ3v) is 4.82. The number of ether oxygens (including phenoxy) is 1. The van der Waals surface area contributed by atoms with Gasteiger partial charge in [0.15, 0.2) is 0 Å². The Kier molecular flexibility index (Phi) is 4.31. The van der Waals surface area contributed by atoms with Crippen LogP contribution in [0.4, 0.5) is 0 Å². The summed E-state index contributed by atoms with van der Waals surface area (Å²) in [4.78, 5) is 24.3. The molecule has 0 atom stereocenters. The fourth-order valence-corrected chi connectivity index (χ4v) is 3.41. The first kappa shape index (κ1) is 15.5. The summed E-state index contributed by atoms with van der Waals surface area (Å²) in [5.74, 6) is -0.852. The lowest BCUT2D eigenvalue weighted by Crippen LogP contribution is -2.21. The Morgan fingerprint density at radius 3 is 3.04 bits per heavy atom. The summed E-state index contributed by atoms with van der Waals surface area (Å²) < 4.78 is 4.62. The highest BCUT2D eigenvalue weighted by atomic mass is 35.5. The zero-order valence-corrected chi connectivity index (χ0v) is 13.6. The van der Waals surface area contributed by atoms with Gasteiger partial charge in [-0.3, -0.25) is 9.89 Å². The number of hydrogen-bond acceptors (Lipinski definition) is 5. The summed E-state index contributed by atoms with van der Waals surface area (Å²) in [6.45, 7) is 0.346. The Bertz CT molecular complexity index is 887. The number of benzene rings is 1. The number of nitrogens with one attached hydrogen (secondary N) is 2. The van der Waals surface area contributed by atoms with Crippen molar-refractivity contribution in [3.63, 3.8) is 0 Å². The molecule has 2 aromatic heterocycles. The molecule has 1 amide bonds. The lowest BCUT2D eigenvalue weighted by molar-refractivity contribution is 0.0606. The van der Waals surface area contributed by atoms with Gasteiger partial charge in [-0.25, -0.2) is 4.79 Å². The van der Waals surface area contributed by atoms with Gasteiger partial charge in [0.05, 0.1) is 28.7 Å². The molecule has 1 aromatic carbocycles. The average Bonchev–Trinajstić information content (AvgIpc) is 3.18. The third-order valence-electron chi connectivity index (χ3n) is 3.30. The van der Waals surface area contributed by atoms with Gasteiger partial charge in [-0.2, -0.15) is 5.10 Å². The second-order valence-electron chi connectivity index (χ2n) is 4.71. The maximum atomic E-state index is 12.2. The van der Waals surface area contributed by atoms with Crippen molar-refractivity contribution >= 4 is 45.7 Å². The molecule has 0 aliphatic carbocycles. The molecule has 8 heteroatoms. The molecule has 118 valence electrons. The lowest BCUT2D eigenvalue weighted by atomic mass is 10.1. The molecule has 0 radical (unpaired) electrons. The highest BCUT2D eigenvalue weighted by Gasteiger charge is 2.19. The molecule has 23 heavy (non-hydrogen) atoms. The first-order valence-corrected chi connectivity index (χ1v) is 7.86. The number of carbonyl (C=O) groups is 2. The SMILES string of the molecule is COC(=O)c1sc(C(=O)NCc2cccc3[nH]ncc23)cc1Cl. The van der Waals surface area contributed by atoms with Crippen LogP contribution in [0.3, 0.4) is 0 Å². The Balaban J connectivity index is 1.75. The van der Waals surface area contributed by atoms with Crippen molar-refractivity contribution in [3.8, 4) is 0 Å². The molecule has 3 aromatic rings. The monoisotopic (exact) mass is 349 g/mol. The molecule has 0 spiro atoms. The van der Waals surface area contributed by atoms with E-state index in [9.17, 15) is 9.59 Å². The maximum Gasteiger partial charge on any atom is 0.349 e. The van der Waals surface area contributed by atoms with Gasteiger partial charge >= 0.3 is 5.97 Å². The summed E-state index contributed by atoms with van der Waals surface area (Å²) in [7, 11) is 1.27. The number of fused-ring (bicyclic) bond motifs is 1. The van der Waals surface area contributed by atoms with Crippen LogP contribution < -0.4 is 5.32 Å². The molecule has 0 aliphatic heterocycles. The first-order valence-electron chi connectivity index (χ1n) is 6.67. The van der Waals surface area contributed by atoms with E-state index in [0.717, 1.165) is 27.8 Å². The second kappa shape index (κ2) is 6.39. The normalized spacial score (nSPS) is 10.7. The van der Waals surface area contributed by atoms with Gasteiger partial charge in [-0.15, -0.1) is 11.3 Å². The van der Waals surface area contributed by atoms with Gasteiger partial charge in [-0.1, -0.05) is 23.7 Å². The molecule has 2 heterocycles. The van der Waals surface area contributed by atoms with Crippen molar-refractivity contribution < 1.29 is 14.3 Å². The first-order chi connectivity index (χ1) is 11.1. The van der Waals surface area contributed by atoms with Crippen molar-refractivity contribution in [2.45, 2.75) is 6.54 Å². The number of H-pyrrole nitrogens is 1. The van der Waals surface area contributed by atoms with Crippen LogP contribution in [0.25, 0.3) is 10.9 Å². The predicted molar refractivity (Wildman–Crippen MR) is 87.9 cm³/mol. The number of rotatable bonds is 4. The smallest absolute Gasteiger partial charge is 0.349 e. The van der Waals surface area contributed by atoms with E-state index in [1.165, 1.54) is 13.2 Å². The fraction of sp³-hybridized carbons (Fsp3) is 0.133. The zero-order chi connectivity index (χ0) is 16.4. The minimum absolute atomic E-state index is 0.212. The standard InChI is InChI=1S/C15H12ClN3O3S/c1-22-15(21)13-10(16)5-12(23-13)14(20)17-6-8-3-2-4-11-9(8)7-18-19-11/h2-5,7H,6H2,1H3,(H,17,20)(H,18,19). The number of aromatic amines is 1. The van der Waals surface area contributed by atoms with E-state index in [1.807, 2.05) is 18.2 Å². The molecular formula is C15H12ClN3O3S. The number of esters is 1. The summed E-state index contributed by atoms with van der Waals surface area (Å²) in [5, 5.41) is 10.8. The van der Waals surface area contributed by atoms with Crippen LogP contribution in [0.2, 0.25) is 5.02 Å². The molecule has 0 saturated heterocycles. The predicted octanol–water partition coefficient (Wildman–Crippen LogP) is 2.99. The van der Waals surface area contributed by atoms with Gasteiger partial charge in [-0.05, 0) is 17.7 Å². The molecule has 0 bridgehead atoms. The van der Waals surface area contributed by atoms with Gasteiger partial charge in [0.25, 0.3) is 5.91 Å². The highest BCUT2D eigenvalue weighted by Crippen LogP contribution is 2.27. The van der Waals surface area contributed by atoms with Gasteiger partial charge < -0.3 is 10.1 Å². The summed E-state index contributed by atoms with van der Waals surface area (Å²) in [6.07, 6.45) is 1.72. The maximum absolute atomic E-state index is 12.2. The van der Waals surface area contributed by atoms with Crippen LogP contribution in [0.15, 0.2) is 30.5 Å². The zero-order valence-electron chi connectivity index (χ0n) is 12.1. The van der Waals surface area contributed by atoms with Crippen molar-refractivity contribution in [2.24, 2.45) is 0 Å². The molecule has 0 unspecified atom stereocenters. The molecule has 3 rings (SSSR count). The van der Waals surface area contributed by atoms with Crippen molar-refractivity contribution in [2.75, 3.05) is 7.11 Å². The van der Waals surface area contributed by atoms with E-state index >= 15 is 0 Å². The van der Waals surface area contributed by atoms with Crippen LogP contribution >= 0.6 is 22.9 Å². The number of methoxy groups -OCH3 is 1. The van der Waals surface area contributed by atoms with Crippen LogP contribution in [0.5, 0.6) is 0 Å². The van der Waals surface area contributed by atoms with Crippen LogP contribution in [0, 0.1) is 0 Å². The quantitative estimate of drug-likeness (QED) is 0.709. The number of carbonyl (C=O) groups excluding carboxylic acids is 2. The van der Waals surface area contributed by atoms with Crippen molar-refractivity contribution in [1.29, 1.82) is 0 Å². The molecule has 0 fully saturated rings. The topological polar surface area (TPSA) is 84.1 Å². The molecule has 0 saturated carbocycles. The third kappa shape index (κ3) is 3.06. The number of amides is 1. The van der Waals surface area contributed by atoms with Crippen LogP contribution in [-0.4, -0.2) is 29.2 Å². The number of nitrogens with zero attached hydrogens (tertiary/aromatic N) is 1. The average molecular weight is 350 g/mol. The fourth-order valence-electron chi connectivity index (χ4n) is 2.16. The second-order valence-corrected chi connectivity index (χ2v) is 6.17. The Morgan fingerprint density at radius 2 is 2.26 bits per heavy atom. The minimum atomic E-state index is -0.554. The van der Waals surface area contributed by atoms with E-state index in [0.29, 0.717) is 11.4 Å². The van der Waals surface area contributed by atoms with Gasteiger partial charge in [0, 0.05) is 11.9 Å². The summed E-state index contributed by atoms with van der Waals surface area (Å²) in [5.41, 5.74) is 1.85. The van der Waals surface area contributed by atoms with Crippen molar-refractivity contribution in [1.82, 2.24) is 15.5 Å². The van der Waals surface area contributed by atoms with E-state index < -0.39 is 5.97 Å². The molecule has 6 nitrogen and oxygen atoms in total. The number of hydrogen-bond donors (Lipinski definition) is 2. The Hall–Kier alpha value is -2.38. The Labute approximate surface area is 140 Å². The minimum Gasteiger partial charge on any atom is -0.465 e. The summed E-state index contributed by atoms with van der Waals surface area (Å²) >= 11 is 6.96. The highest BCUT2D eigenvalue weighted by molar-refractivity contribution is 7.16.